The molecule has 0 heterocycles. The maximum atomic E-state index is 9.85. The van der Waals surface area contributed by atoms with Crippen molar-refractivity contribution in [3.63, 3.8) is 0 Å². The lowest BCUT2D eigenvalue weighted by Crippen LogP contribution is -2.31. The lowest BCUT2D eigenvalue weighted by molar-refractivity contribution is 0.754. The number of aryl methyl sites for hydroxylation is 1. The maximum Gasteiger partial charge on any atom is 0.0991 e. The molecule has 0 aromatic heterocycles. The molecule has 6 aromatic carbocycles. The van der Waals surface area contributed by atoms with Crippen LogP contribution in [0.1, 0.15) is 59.2 Å². The minimum absolute atomic E-state index is 0.00377. The van der Waals surface area contributed by atoms with Crippen molar-refractivity contribution in [1.29, 1.82) is 21.0 Å². The molecule has 9 rings (SSSR count). The Morgan fingerprint density at radius 2 is 1.00 bits per heavy atom. The van der Waals surface area contributed by atoms with Crippen LogP contribution in [0.25, 0.3) is 44.5 Å². The first-order valence-electron chi connectivity index (χ1n) is 20.2. The number of nitrogens with zero attached hydrogens (tertiary/aromatic N) is 4. The first kappa shape index (κ1) is 37.6. The third-order valence-electron chi connectivity index (χ3n) is 12.3. The highest BCUT2D eigenvalue weighted by atomic mass is 14.5. The average Bonchev–Trinajstić information content (AvgIpc) is 3.51. The van der Waals surface area contributed by atoms with Gasteiger partial charge in [-0.2, -0.15) is 21.0 Å². The van der Waals surface area contributed by atoms with E-state index in [1.54, 1.807) is 0 Å². The Morgan fingerprint density at radius 3 is 1.45 bits per heavy atom. The Morgan fingerprint density at radius 1 is 0.533 bits per heavy atom. The molecule has 6 aromatic rings. The van der Waals surface area contributed by atoms with Gasteiger partial charge < -0.3 is 0 Å². The van der Waals surface area contributed by atoms with Gasteiger partial charge in [0, 0.05) is 11.5 Å². The molecule has 1 atom stereocenters. The summed E-state index contributed by atoms with van der Waals surface area (Å²) in [7, 11) is 0. The number of allylic oxidation sites excluding steroid dienone is 10. The Bertz CT molecular complexity index is 2960. The lowest BCUT2D eigenvalue weighted by Gasteiger charge is -2.37. The average molecular weight is 767 g/mol. The highest BCUT2D eigenvalue weighted by Gasteiger charge is 2.50. The summed E-state index contributed by atoms with van der Waals surface area (Å²) in [5, 5.41) is 38.8. The summed E-state index contributed by atoms with van der Waals surface area (Å²) in [4.78, 5) is 0. The van der Waals surface area contributed by atoms with E-state index in [1.807, 2.05) is 84.9 Å². The van der Waals surface area contributed by atoms with E-state index in [-0.39, 0.29) is 5.92 Å². The second-order valence-electron chi connectivity index (χ2n) is 15.6. The molecule has 3 aliphatic rings. The van der Waals surface area contributed by atoms with E-state index in [9.17, 15) is 21.0 Å². The molecule has 60 heavy (non-hydrogen) atoms. The molecule has 0 saturated heterocycles. The van der Waals surface area contributed by atoms with Crippen LogP contribution in [0.3, 0.4) is 0 Å². The summed E-state index contributed by atoms with van der Waals surface area (Å²) in [5.74, 6) is 0.00377. The largest absolute Gasteiger partial charge is 0.192 e. The number of hydrogen-bond donors (Lipinski definition) is 0. The summed E-state index contributed by atoms with van der Waals surface area (Å²) in [6.07, 6.45) is 14.5. The highest BCUT2D eigenvalue weighted by Crippen LogP contribution is 2.61. The van der Waals surface area contributed by atoms with Gasteiger partial charge in [-0.1, -0.05) is 110 Å². The second-order valence-corrected chi connectivity index (χ2v) is 15.6. The van der Waals surface area contributed by atoms with Gasteiger partial charge in [0.1, 0.15) is 0 Å². The molecule has 0 bridgehead atoms. The third kappa shape index (κ3) is 6.30. The van der Waals surface area contributed by atoms with Crippen LogP contribution in [0.4, 0.5) is 0 Å². The molecule has 3 aliphatic carbocycles. The van der Waals surface area contributed by atoms with Crippen LogP contribution in [-0.2, 0) is 11.8 Å². The van der Waals surface area contributed by atoms with Crippen LogP contribution in [0.5, 0.6) is 0 Å². The first-order chi connectivity index (χ1) is 29.4. The molecule has 0 N–H and O–H groups in total. The molecule has 0 saturated carbocycles. The molecule has 0 aliphatic heterocycles. The van der Waals surface area contributed by atoms with E-state index in [2.05, 4.69) is 117 Å². The van der Waals surface area contributed by atoms with Gasteiger partial charge in [0.05, 0.1) is 46.4 Å². The maximum absolute atomic E-state index is 9.85. The summed E-state index contributed by atoms with van der Waals surface area (Å²) < 4.78 is 0. The summed E-state index contributed by atoms with van der Waals surface area (Å²) in [5.41, 5.74) is 18.6. The fourth-order valence-corrected chi connectivity index (χ4v) is 9.34. The summed E-state index contributed by atoms with van der Waals surface area (Å²) in [6, 6.07) is 53.1. The molecule has 4 nitrogen and oxygen atoms in total. The van der Waals surface area contributed by atoms with E-state index in [0.717, 1.165) is 62.9 Å². The van der Waals surface area contributed by atoms with E-state index in [0.29, 0.717) is 22.3 Å². The summed E-state index contributed by atoms with van der Waals surface area (Å²) >= 11 is 0. The minimum atomic E-state index is -0.807. The van der Waals surface area contributed by atoms with E-state index in [4.69, 9.17) is 0 Å². The van der Waals surface area contributed by atoms with Crippen LogP contribution < -0.4 is 0 Å². The molecule has 0 fully saturated rings. The molecule has 1 spiro atoms. The molecule has 0 radical (unpaired) electrons. The zero-order chi connectivity index (χ0) is 41.4. The van der Waals surface area contributed by atoms with Gasteiger partial charge in [0.25, 0.3) is 0 Å². The SMILES string of the molecule is C/C=C\C1=C(/C=C2/C=CC(C#N)=CC2C)C2(c3cc(-c4ccc(C#N)cc4)ccc3CC1)c1cc(-c3ccc(C#N)cc3)ccc1-c1ccc(-c3ccc(C#N)cc3)cc12. The molecule has 282 valence electrons. The Hall–Kier alpha value is -8.02. The predicted octanol–water partition coefficient (Wildman–Crippen LogP) is 13.0. The zero-order valence-electron chi connectivity index (χ0n) is 33.4. The van der Waals surface area contributed by atoms with Crippen molar-refractivity contribution in [1.82, 2.24) is 0 Å². The van der Waals surface area contributed by atoms with E-state index < -0.39 is 5.41 Å². The van der Waals surface area contributed by atoms with Crippen LogP contribution in [0.2, 0.25) is 0 Å². The molecule has 4 heteroatoms. The molecular formula is C56H38N4. The van der Waals surface area contributed by atoms with Crippen molar-refractivity contribution in [2.45, 2.75) is 32.1 Å². The number of nitriles is 4. The van der Waals surface area contributed by atoms with E-state index in [1.165, 1.54) is 33.4 Å². The first-order valence-corrected chi connectivity index (χ1v) is 20.2. The normalized spacial score (nSPS) is 16.5. The van der Waals surface area contributed by atoms with Gasteiger partial charge in [-0.15, -0.1) is 0 Å². The fraction of sp³-hybridized carbons (Fsp3) is 0.107. The Balaban J connectivity index is 1.43. The van der Waals surface area contributed by atoms with Crippen LogP contribution >= 0.6 is 0 Å². The predicted molar refractivity (Wildman–Crippen MR) is 239 cm³/mol. The Kier molecular flexibility index (Phi) is 9.63. The van der Waals surface area contributed by atoms with Crippen molar-refractivity contribution in [2.75, 3.05) is 0 Å². The number of hydrogen-bond acceptors (Lipinski definition) is 4. The number of benzene rings is 6. The fourth-order valence-electron chi connectivity index (χ4n) is 9.34. The third-order valence-corrected chi connectivity index (χ3v) is 12.3. The standard InChI is InChI=1S/C56H38N4/c1-3-4-44-19-20-45-21-22-47(41-12-5-37(32-57)6-13-41)29-53(45)56(52(44)28-46-18-11-40(35-60)27-36(46)2)54-30-48(42-14-7-38(33-58)8-15-42)23-25-50(54)51-26-24-49(31-55(51)56)43-16-9-39(34-59)10-17-43/h3-18,21-31,36H,19-20H2,1-2H3/b4-3-,46-28-. The van der Waals surface area contributed by atoms with Crippen molar-refractivity contribution in [2.24, 2.45) is 5.92 Å². The minimum Gasteiger partial charge on any atom is -0.192 e. The van der Waals surface area contributed by atoms with E-state index >= 15 is 0 Å². The van der Waals surface area contributed by atoms with Crippen molar-refractivity contribution in [3.05, 3.63) is 225 Å². The molecular weight excluding hydrogens is 729 g/mol. The van der Waals surface area contributed by atoms with Crippen LogP contribution in [0, 0.1) is 51.2 Å². The van der Waals surface area contributed by atoms with Gasteiger partial charge >= 0.3 is 0 Å². The topological polar surface area (TPSA) is 95.2 Å². The van der Waals surface area contributed by atoms with Crippen molar-refractivity contribution < 1.29 is 0 Å². The van der Waals surface area contributed by atoms with Gasteiger partial charge in [-0.3, -0.25) is 0 Å². The monoisotopic (exact) mass is 766 g/mol. The lowest BCUT2D eigenvalue weighted by atomic mass is 9.64. The second kappa shape index (κ2) is 15.4. The van der Waals surface area contributed by atoms with Gasteiger partial charge in [-0.25, -0.2) is 0 Å². The van der Waals surface area contributed by atoms with Crippen molar-refractivity contribution >= 4 is 0 Å². The summed E-state index contributed by atoms with van der Waals surface area (Å²) in [6.45, 7) is 4.24. The highest BCUT2D eigenvalue weighted by molar-refractivity contribution is 5.92. The molecule has 1 unspecified atom stereocenters. The van der Waals surface area contributed by atoms with Gasteiger partial charge in [0.15, 0.2) is 0 Å². The smallest absolute Gasteiger partial charge is 0.0991 e. The van der Waals surface area contributed by atoms with Crippen LogP contribution in [0.15, 0.2) is 186 Å². The number of fused-ring (bicyclic) bond motifs is 7. The van der Waals surface area contributed by atoms with Crippen molar-refractivity contribution in [3.8, 4) is 68.8 Å². The quantitative estimate of drug-likeness (QED) is 0.175. The Labute approximate surface area is 351 Å². The van der Waals surface area contributed by atoms with Gasteiger partial charge in [0.2, 0.25) is 0 Å². The van der Waals surface area contributed by atoms with Crippen LogP contribution in [-0.4, -0.2) is 0 Å². The van der Waals surface area contributed by atoms with Gasteiger partial charge in [-0.05, 0) is 164 Å². The number of rotatable bonds is 5. The molecule has 0 amide bonds. The zero-order valence-corrected chi connectivity index (χ0v) is 33.4.